The van der Waals surface area contributed by atoms with E-state index in [9.17, 15) is 4.79 Å². The second-order valence-corrected chi connectivity index (χ2v) is 5.69. The summed E-state index contributed by atoms with van der Waals surface area (Å²) in [4.78, 5) is 20.6. The van der Waals surface area contributed by atoms with Gasteiger partial charge in [-0.05, 0) is 36.8 Å². The number of hydrogen-bond acceptors (Lipinski definition) is 6. The number of anilines is 1. The summed E-state index contributed by atoms with van der Waals surface area (Å²) in [6, 6.07) is 11.5. The van der Waals surface area contributed by atoms with E-state index in [1.807, 2.05) is 37.3 Å². The predicted octanol–water partition coefficient (Wildman–Crippen LogP) is 3.47. The molecular weight excluding hydrogens is 330 g/mol. The summed E-state index contributed by atoms with van der Waals surface area (Å²) >= 11 is 0. The molecule has 0 unspecified atom stereocenters. The van der Waals surface area contributed by atoms with E-state index in [1.54, 1.807) is 18.5 Å². The lowest BCUT2D eigenvalue weighted by molar-refractivity contribution is 0.0601. The number of benzene rings is 1. The van der Waals surface area contributed by atoms with E-state index in [-0.39, 0.29) is 0 Å². The monoisotopic (exact) mass is 351 g/mol. The van der Waals surface area contributed by atoms with Gasteiger partial charge in [0.2, 0.25) is 0 Å². The van der Waals surface area contributed by atoms with E-state index in [0.717, 1.165) is 22.2 Å². The molecule has 0 atom stereocenters. The van der Waals surface area contributed by atoms with Gasteiger partial charge in [0.1, 0.15) is 17.1 Å². The molecule has 134 valence electrons. The molecule has 1 N–H and O–H groups in total. The summed E-state index contributed by atoms with van der Waals surface area (Å²) in [6.07, 6.45) is 4.11. The number of carbonyl (C=O) groups is 1. The van der Waals surface area contributed by atoms with Gasteiger partial charge in [-0.1, -0.05) is 12.1 Å². The first kappa shape index (κ1) is 17.7. The number of nitrogens with one attached hydrogen (secondary N) is 1. The number of fused-ring (bicyclic) bond motifs is 1. The lowest BCUT2D eigenvalue weighted by Crippen LogP contribution is -2.11. The van der Waals surface area contributed by atoms with Crippen molar-refractivity contribution in [2.75, 3.05) is 25.6 Å². The van der Waals surface area contributed by atoms with Crippen molar-refractivity contribution in [3.05, 3.63) is 59.9 Å². The number of ether oxygens (including phenoxy) is 2. The Kier molecular flexibility index (Phi) is 5.63. The Hall–Kier alpha value is -3.15. The molecule has 0 bridgehead atoms. The summed E-state index contributed by atoms with van der Waals surface area (Å²) < 4.78 is 10.8. The average molecular weight is 351 g/mol. The molecule has 0 amide bonds. The lowest BCUT2D eigenvalue weighted by atomic mass is 10.1. The Morgan fingerprint density at radius 3 is 2.85 bits per heavy atom. The van der Waals surface area contributed by atoms with Crippen molar-refractivity contribution in [1.82, 2.24) is 9.97 Å². The third kappa shape index (κ3) is 3.91. The van der Waals surface area contributed by atoms with Crippen LogP contribution >= 0.6 is 0 Å². The van der Waals surface area contributed by atoms with E-state index in [4.69, 9.17) is 9.47 Å². The van der Waals surface area contributed by atoms with Crippen LogP contribution in [0.4, 0.5) is 5.82 Å². The fourth-order valence-electron chi connectivity index (χ4n) is 2.69. The average Bonchev–Trinajstić information content (AvgIpc) is 2.69. The maximum atomic E-state index is 12.0. The summed E-state index contributed by atoms with van der Waals surface area (Å²) in [7, 11) is 1.36. The third-order valence-electron chi connectivity index (χ3n) is 3.95. The van der Waals surface area contributed by atoms with E-state index in [0.29, 0.717) is 31.0 Å². The molecule has 2 heterocycles. The first-order valence-electron chi connectivity index (χ1n) is 8.50. The number of methoxy groups -OCH3 is 1. The zero-order valence-electron chi connectivity index (χ0n) is 14.9. The van der Waals surface area contributed by atoms with Crippen LogP contribution in [0.15, 0.2) is 48.8 Å². The second-order valence-electron chi connectivity index (χ2n) is 5.69. The zero-order valence-corrected chi connectivity index (χ0v) is 14.9. The normalized spacial score (nSPS) is 10.5. The highest BCUT2D eigenvalue weighted by molar-refractivity contribution is 5.94. The van der Waals surface area contributed by atoms with Gasteiger partial charge in [0.15, 0.2) is 0 Å². The number of nitrogens with zero attached hydrogens (tertiary/aromatic N) is 2. The standard InChI is InChI=1S/C20H21N3O3/c1-3-21-19-16(20(24)25-2)12-14(13-23-19)9-11-26-18-8-10-22-17-7-5-4-6-15(17)18/h4-8,10,12-13H,3,9,11H2,1-2H3,(H,21,23). The van der Waals surface area contributed by atoms with Gasteiger partial charge in [0.05, 0.1) is 19.2 Å². The topological polar surface area (TPSA) is 73.3 Å². The van der Waals surface area contributed by atoms with Crippen molar-refractivity contribution >= 4 is 22.7 Å². The van der Waals surface area contributed by atoms with E-state index in [2.05, 4.69) is 15.3 Å². The molecule has 0 radical (unpaired) electrons. The Balaban J connectivity index is 1.72. The Labute approximate surface area is 152 Å². The fraction of sp³-hybridized carbons (Fsp3) is 0.250. The lowest BCUT2D eigenvalue weighted by Gasteiger charge is -2.11. The van der Waals surface area contributed by atoms with Crippen molar-refractivity contribution in [1.29, 1.82) is 0 Å². The van der Waals surface area contributed by atoms with Crippen LogP contribution in [0.25, 0.3) is 10.9 Å². The van der Waals surface area contributed by atoms with Crippen LogP contribution in [-0.2, 0) is 11.2 Å². The summed E-state index contributed by atoms with van der Waals surface area (Å²) in [5.74, 6) is 0.918. The molecule has 3 rings (SSSR count). The van der Waals surface area contributed by atoms with E-state index in [1.165, 1.54) is 7.11 Å². The molecule has 0 aliphatic carbocycles. The van der Waals surface area contributed by atoms with Gasteiger partial charge in [0, 0.05) is 30.7 Å². The highest BCUT2D eigenvalue weighted by atomic mass is 16.5. The number of para-hydroxylation sites is 1. The molecular formula is C20H21N3O3. The Bertz CT molecular complexity index is 906. The number of pyridine rings is 2. The highest BCUT2D eigenvalue weighted by Gasteiger charge is 2.14. The van der Waals surface area contributed by atoms with Crippen LogP contribution in [0.2, 0.25) is 0 Å². The highest BCUT2D eigenvalue weighted by Crippen LogP contribution is 2.23. The molecule has 0 aliphatic rings. The Morgan fingerprint density at radius 2 is 2.04 bits per heavy atom. The minimum absolute atomic E-state index is 0.406. The number of esters is 1. The van der Waals surface area contributed by atoms with Gasteiger partial charge in [-0.2, -0.15) is 0 Å². The molecule has 6 heteroatoms. The van der Waals surface area contributed by atoms with Gasteiger partial charge in [-0.3, -0.25) is 4.98 Å². The van der Waals surface area contributed by atoms with Crippen LogP contribution in [-0.4, -0.2) is 36.2 Å². The van der Waals surface area contributed by atoms with Crippen LogP contribution in [0.1, 0.15) is 22.8 Å². The molecule has 0 aliphatic heterocycles. The molecule has 0 spiro atoms. The van der Waals surface area contributed by atoms with Gasteiger partial charge in [-0.15, -0.1) is 0 Å². The van der Waals surface area contributed by atoms with Crippen molar-refractivity contribution in [3.63, 3.8) is 0 Å². The SMILES string of the molecule is CCNc1ncc(CCOc2ccnc3ccccc23)cc1C(=O)OC. The minimum Gasteiger partial charge on any atom is -0.492 e. The summed E-state index contributed by atoms with van der Waals surface area (Å²) in [6.45, 7) is 3.09. The molecule has 0 saturated heterocycles. The largest absolute Gasteiger partial charge is 0.492 e. The molecule has 26 heavy (non-hydrogen) atoms. The summed E-state index contributed by atoms with van der Waals surface area (Å²) in [5, 5.41) is 4.05. The van der Waals surface area contributed by atoms with Gasteiger partial charge in [0.25, 0.3) is 0 Å². The van der Waals surface area contributed by atoms with Gasteiger partial charge >= 0.3 is 5.97 Å². The molecule has 3 aromatic rings. The quantitative estimate of drug-likeness (QED) is 0.657. The zero-order chi connectivity index (χ0) is 18.4. The Morgan fingerprint density at radius 1 is 1.19 bits per heavy atom. The number of carbonyl (C=O) groups excluding carboxylic acids is 1. The predicted molar refractivity (Wildman–Crippen MR) is 101 cm³/mol. The van der Waals surface area contributed by atoms with Gasteiger partial charge < -0.3 is 14.8 Å². The van der Waals surface area contributed by atoms with Crippen LogP contribution in [0.5, 0.6) is 5.75 Å². The maximum absolute atomic E-state index is 12.0. The van der Waals surface area contributed by atoms with Crippen LogP contribution < -0.4 is 10.1 Å². The van der Waals surface area contributed by atoms with E-state index >= 15 is 0 Å². The van der Waals surface area contributed by atoms with Crippen molar-refractivity contribution in [2.45, 2.75) is 13.3 Å². The first-order chi connectivity index (χ1) is 12.7. The minimum atomic E-state index is -0.406. The second kappa shape index (κ2) is 8.29. The number of aromatic nitrogens is 2. The number of rotatable bonds is 7. The number of hydrogen-bond donors (Lipinski definition) is 1. The molecule has 2 aromatic heterocycles. The summed E-state index contributed by atoms with van der Waals surface area (Å²) in [5.41, 5.74) is 2.24. The molecule has 0 saturated carbocycles. The molecule has 0 fully saturated rings. The fourth-order valence-corrected chi connectivity index (χ4v) is 2.69. The first-order valence-corrected chi connectivity index (χ1v) is 8.50. The molecule has 1 aromatic carbocycles. The van der Waals surface area contributed by atoms with Crippen molar-refractivity contribution < 1.29 is 14.3 Å². The molecule has 6 nitrogen and oxygen atoms in total. The smallest absolute Gasteiger partial charge is 0.341 e. The third-order valence-corrected chi connectivity index (χ3v) is 3.95. The van der Waals surface area contributed by atoms with Crippen LogP contribution in [0.3, 0.4) is 0 Å². The van der Waals surface area contributed by atoms with Crippen molar-refractivity contribution in [2.24, 2.45) is 0 Å². The van der Waals surface area contributed by atoms with E-state index < -0.39 is 5.97 Å². The maximum Gasteiger partial charge on any atom is 0.341 e. The van der Waals surface area contributed by atoms with Crippen molar-refractivity contribution in [3.8, 4) is 5.75 Å². The van der Waals surface area contributed by atoms with Crippen LogP contribution in [0, 0.1) is 0 Å². The van der Waals surface area contributed by atoms with Gasteiger partial charge in [-0.25, -0.2) is 9.78 Å².